The van der Waals surface area contributed by atoms with Crippen molar-refractivity contribution in [2.24, 2.45) is 0 Å². The van der Waals surface area contributed by atoms with Gasteiger partial charge in [0, 0.05) is 17.6 Å². The number of halogens is 4. The Morgan fingerprint density at radius 2 is 2.05 bits per heavy atom. The van der Waals surface area contributed by atoms with E-state index in [0.717, 1.165) is 15.5 Å². The second kappa shape index (κ2) is 8.63. The van der Waals surface area contributed by atoms with Crippen molar-refractivity contribution in [3.05, 3.63) is 29.3 Å². The average molecular weight is 666 g/mol. The van der Waals surface area contributed by atoms with E-state index in [1.54, 1.807) is 18.9 Å². The first-order valence-electron chi connectivity index (χ1n) is 5.33. The largest absolute Gasteiger partial charge is 0.357 e. The Morgan fingerprint density at radius 3 is 2.50 bits per heavy atom. The van der Waals surface area contributed by atoms with Gasteiger partial charge < -0.3 is 4.74 Å². The molecular formula is C12H11ClI3NOS2. The van der Waals surface area contributed by atoms with Crippen LogP contribution in [0.25, 0.3) is 0 Å². The number of thioether (sulfide) groups is 1. The van der Waals surface area contributed by atoms with Gasteiger partial charge in [0.05, 0.1) is 5.08 Å². The number of aryl methyl sites for hydroxylation is 1. The van der Waals surface area contributed by atoms with E-state index in [1.165, 1.54) is 16.5 Å². The molecule has 1 atom stereocenters. The molecule has 1 aromatic rings. The average Bonchev–Trinajstić information content (AvgIpc) is 2.39. The van der Waals surface area contributed by atoms with Gasteiger partial charge in [-0.2, -0.15) is 5.26 Å². The van der Waals surface area contributed by atoms with Crippen molar-refractivity contribution in [2.45, 2.75) is 16.9 Å². The van der Waals surface area contributed by atoms with Crippen LogP contribution in [0.2, 0.25) is 0 Å². The van der Waals surface area contributed by atoms with E-state index in [9.17, 15) is 5.26 Å². The number of hydrogen-bond donors (Lipinski definition) is 0. The smallest absolute Gasteiger partial charge is 0.212 e. The first-order valence-corrected chi connectivity index (χ1v) is 11.4. The summed E-state index contributed by atoms with van der Waals surface area (Å²) < 4.78 is 5.20. The lowest BCUT2D eigenvalue weighted by molar-refractivity contribution is 0.0536. The van der Waals surface area contributed by atoms with Gasteiger partial charge in [0.25, 0.3) is 0 Å². The number of nitrogens with zero attached hydrogens (tertiary/aromatic N) is 1. The fourth-order valence-electron chi connectivity index (χ4n) is 1.63. The SMILES string of the molecule is COC(C#N)(c1ccc(C)c(SCSCl)c1)C(I)(I)I. The van der Waals surface area contributed by atoms with Crippen LogP contribution in [0.4, 0.5) is 0 Å². The van der Waals surface area contributed by atoms with Crippen LogP contribution in [0.1, 0.15) is 11.1 Å². The number of hydrogen-bond acceptors (Lipinski definition) is 4. The van der Waals surface area contributed by atoms with Crippen molar-refractivity contribution < 1.29 is 4.74 Å². The molecular weight excluding hydrogens is 654 g/mol. The van der Waals surface area contributed by atoms with Gasteiger partial charge >= 0.3 is 0 Å². The molecule has 0 aliphatic heterocycles. The van der Waals surface area contributed by atoms with Crippen molar-refractivity contribution in [2.75, 3.05) is 12.2 Å². The zero-order valence-corrected chi connectivity index (χ0v) is 19.5. The van der Waals surface area contributed by atoms with Crippen LogP contribution in [0, 0.1) is 18.3 Å². The van der Waals surface area contributed by atoms with Crippen LogP contribution in [0.15, 0.2) is 23.1 Å². The summed E-state index contributed by atoms with van der Waals surface area (Å²) >= 11 is 8.38. The molecule has 110 valence electrons. The molecule has 2 nitrogen and oxygen atoms in total. The minimum atomic E-state index is -0.994. The molecule has 1 aromatic carbocycles. The quantitative estimate of drug-likeness (QED) is 0.156. The van der Waals surface area contributed by atoms with E-state index in [2.05, 4.69) is 80.8 Å². The molecule has 20 heavy (non-hydrogen) atoms. The Balaban J connectivity index is 3.33. The molecule has 0 N–H and O–H groups in total. The first-order chi connectivity index (χ1) is 9.32. The summed E-state index contributed by atoms with van der Waals surface area (Å²) in [7, 11) is 8.52. The van der Waals surface area contributed by atoms with E-state index < -0.39 is 5.04 Å². The molecule has 0 heterocycles. The second-order valence-electron chi connectivity index (χ2n) is 3.85. The molecule has 1 rings (SSSR count). The minimum absolute atomic E-state index is 0.414. The molecule has 0 radical (unpaired) electrons. The third kappa shape index (κ3) is 4.44. The van der Waals surface area contributed by atoms with E-state index in [4.69, 9.17) is 15.4 Å². The van der Waals surface area contributed by atoms with Gasteiger partial charge in [0.2, 0.25) is 5.60 Å². The van der Waals surface area contributed by atoms with Crippen LogP contribution in [0.3, 0.4) is 0 Å². The highest BCUT2D eigenvalue weighted by Crippen LogP contribution is 2.52. The highest BCUT2D eigenvalue weighted by molar-refractivity contribution is 14.3. The first kappa shape index (κ1) is 19.9. The zero-order chi connectivity index (χ0) is 15.4. The summed E-state index contributed by atoms with van der Waals surface area (Å²) in [5.41, 5.74) is 1.05. The molecule has 0 amide bonds. The summed E-state index contributed by atoms with van der Waals surface area (Å²) in [5.74, 6) is 0. The van der Waals surface area contributed by atoms with Gasteiger partial charge in [-0.15, -0.1) is 11.8 Å². The fraction of sp³-hybridized carbons (Fsp3) is 0.417. The van der Waals surface area contributed by atoms with Gasteiger partial charge in [-0.25, -0.2) is 0 Å². The van der Waals surface area contributed by atoms with E-state index in [-0.39, 0.29) is 0 Å². The molecule has 0 spiro atoms. The van der Waals surface area contributed by atoms with Gasteiger partial charge in [-0.3, -0.25) is 0 Å². The molecule has 0 saturated carbocycles. The molecule has 8 heteroatoms. The highest BCUT2D eigenvalue weighted by atomic mass is 127. The maximum Gasteiger partial charge on any atom is 0.212 e. The van der Waals surface area contributed by atoms with Crippen LogP contribution in [-0.4, -0.2) is 11.6 Å². The molecule has 0 bridgehead atoms. The summed E-state index contributed by atoms with van der Waals surface area (Å²) in [5, 5.41) is 10.4. The molecule has 0 fully saturated rings. The van der Waals surface area contributed by atoms with E-state index >= 15 is 0 Å². The fourth-order valence-corrected chi connectivity index (χ4v) is 5.18. The number of alkyl halides is 3. The molecule has 0 saturated heterocycles. The Morgan fingerprint density at radius 1 is 1.40 bits per heavy atom. The van der Waals surface area contributed by atoms with Crippen molar-refractivity contribution in [3.8, 4) is 6.07 Å². The summed E-state index contributed by atoms with van der Waals surface area (Å²) in [6, 6.07) is 8.36. The third-order valence-corrected chi connectivity index (χ3v) is 7.38. The lowest BCUT2D eigenvalue weighted by Crippen LogP contribution is -2.39. The Hall–Kier alpha value is 1.85. The topological polar surface area (TPSA) is 33.0 Å². The van der Waals surface area contributed by atoms with Gasteiger partial charge in [-0.05, 0) is 40.2 Å². The number of nitriles is 1. The van der Waals surface area contributed by atoms with Crippen LogP contribution in [0.5, 0.6) is 0 Å². The maximum absolute atomic E-state index is 9.68. The van der Waals surface area contributed by atoms with Crippen molar-refractivity contribution in [1.82, 2.24) is 0 Å². The number of rotatable bonds is 6. The summed E-state index contributed by atoms with van der Waals surface area (Å²) in [6.45, 7) is 2.05. The zero-order valence-electron chi connectivity index (χ0n) is 10.6. The predicted octanol–water partition coefficient (Wildman–Crippen LogP) is 6.26. The monoisotopic (exact) mass is 665 g/mol. The summed E-state index contributed by atoms with van der Waals surface area (Å²) in [4.78, 5) is 1.13. The minimum Gasteiger partial charge on any atom is -0.357 e. The third-order valence-electron chi connectivity index (χ3n) is 2.72. The van der Waals surface area contributed by atoms with Crippen molar-refractivity contribution in [1.29, 1.82) is 5.26 Å². The van der Waals surface area contributed by atoms with E-state index in [0.29, 0.717) is 0 Å². The highest BCUT2D eigenvalue weighted by Gasteiger charge is 2.49. The normalized spacial score (nSPS) is 14.7. The Labute approximate surface area is 173 Å². The standard InChI is InChI=1S/C12H11ClI3NOS2/c1-8-3-4-9(5-10(8)19-7-20-13)11(6-17,18-2)12(14,15)16/h3-5H,7H2,1-2H3. The lowest BCUT2D eigenvalue weighted by atomic mass is 9.96. The second-order valence-corrected chi connectivity index (χ2v) is 17.4. The number of ether oxygens (including phenoxy) is 1. The van der Waals surface area contributed by atoms with Gasteiger partial charge in [0.15, 0.2) is -0.565 Å². The summed E-state index contributed by atoms with van der Waals surface area (Å²) in [6.07, 6.45) is 0. The number of methoxy groups -OCH3 is 1. The lowest BCUT2D eigenvalue weighted by Gasteiger charge is -2.34. The molecule has 0 aliphatic carbocycles. The van der Waals surface area contributed by atoms with E-state index in [1.807, 2.05) is 18.2 Å². The predicted molar refractivity (Wildman–Crippen MR) is 114 cm³/mol. The Bertz CT molecular complexity index is 518. The van der Waals surface area contributed by atoms with Crippen LogP contribution < -0.4 is 0 Å². The van der Waals surface area contributed by atoms with Crippen LogP contribution in [-0.2, 0) is 10.3 Å². The maximum atomic E-state index is 9.68. The van der Waals surface area contributed by atoms with Crippen molar-refractivity contribution in [3.63, 3.8) is 0 Å². The van der Waals surface area contributed by atoms with Gasteiger partial charge in [-0.1, -0.05) is 79.9 Å². The molecule has 0 aliphatic rings. The molecule has 0 aromatic heterocycles. The van der Waals surface area contributed by atoms with Crippen molar-refractivity contribution >= 4 is 101 Å². The van der Waals surface area contributed by atoms with Crippen LogP contribution >= 0.6 is 101 Å². The number of benzene rings is 1. The molecule has 1 unspecified atom stereocenters. The Kier molecular flexibility index (Phi) is 8.59. The van der Waals surface area contributed by atoms with Gasteiger partial charge in [0.1, 0.15) is 6.07 Å².